The van der Waals surface area contributed by atoms with E-state index in [4.69, 9.17) is 0 Å². The van der Waals surface area contributed by atoms with Crippen LogP contribution in [-0.4, -0.2) is 59.2 Å². The Morgan fingerprint density at radius 3 is 2.41 bits per heavy atom. The van der Waals surface area contributed by atoms with Crippen molar-refractivity contribution in [2.45, 2.75) is 65.0 Å². The van der Waals surface area contributed by atoms with E-state index in [1.54, 1.807) is 33.3 Å². The highest BCUT2D eigenvalue weighted by Gasteiger charge is 2.23. The molecule has 2 amide bonds. The third kappa shape index (κ3) is 8.84. The molecule has 34 heavy (non-hydrogen) atoms. The van der Waals surface area contributed by atoms with Gasteiger partial charge in [-0.2, -0.15) is 0 Å². The molecular weight excluding hydrogens is 449 g/mol. The predicted molar refractivity (Wildman–Crippen MR) is 136 cm³/mol. The number of carbonyl (C=O) groups excluding carboxylic acids is 2. The van der Waals surface area contributed by atoms with E-state index >= 15 is 0 Å². The summed E-state index contributed by atoms with van der Waals surface area (Å²) < 4.78 is 13.4. The van der Waals surface area contributed by atoms with Crippen LogP contribution in [0.4, 0.5) is 4.39 Å². The molecule has 1 aromatic carbocycles. The first-order valence-corrected chi connectivity index (χ1v) is 13.5. The molecule has 0 spiro atoms. The Labute approximate surface area is 207 Å². The Morgan fingerprint density at radius 2 is 1.74 bits per heavy atom. The summed E-state index contributed by atoms with van der Waals surface area (Å²) >= 11 is 1.61. The summed E-state index contributed by atoms with van der Waals surface area (Å²) in [5, 5.41) is 2.00. The molecular formula is C27H38FN3O2S. The lowest BCUT2D eigenvalue weighted by atomic mass is 10.1. The molecule has 0 atom stereocenters. The fourth-order valence-electron chi connectivity index (χ4n) is 4.32. The first-order chi connectivity index (χ1) is 16.5. The highest BCUT2D eigenvalue weighted by atomic mass is 32.1. The van der Waals surface area contributed by atoms with Crippen LogP contribution < -0.4 is 0 Å². The molecule has 0 bridgehead atoms. The summed E-state index contributed by atoms with van der Waals surface area (Å²) in [6.07, 6.45) is 7.09. The molecule has 1 aromatic heterocycles. The highest BCUT2D eigenvalue weighted by Crippen LogP contribution is 2.16. The topological polar surface area (TPSA) is 43.9 Å². The molecule has 0 unspecified atom stereocenters. The molecule has 0 aliphatic carbocycles. The first-order valence-electron chi connectivity index (χ1n) is 12.6. The van der Waals surface area contributed by atoms with Gasteiger partial charge in [-0.25, -0.2) is 4.39 Å². The molecule has 0 saturated carbocycles. The monoisotopic (exact) mass is 487 g/mol. The van der Waals surface area contributed by atoms with Crippen molar-refractivity contribution >= 4 is 23.2 Å². The quantitative estimate of drug-likeness (QED) is 0.339. The molecule has 1 aliphatic heterocycles. The standard InChI is InChI=1S/C27H38FN3O2S/c1-2-3-4-5-10-26(32)30(18-17-29-15-6-7-16-29)22-27(33)31(21-25-9-8-19-34-25)20-23-11-13-24(28)14-12-23/h8-9,11-14,19H,2-7,10,15-18,20-22H2,1H3. The van der Waals surface area contributed by atoms with Gasteiger partial charge < -0.3 is 14.7 Å². The van der Waals surface area contributed by atoms with Gasteiger partial charge in [0.05, 0.1) is 13.1 Å². The maximum absolute atomic E-state index is 13.5. The summed E-state index contributed by atoms with van der Waals surface area (Å²) in [6.45, 7) is 6.67. The Balaban J connectivity index is 1.67. The van der Waals surface area contributed by atoms with E-state index in [9.17, 15) is 14.0 Å². The van der Waals surface area contributed by atoms with Gasteiger partial charge in [0.25, 0.3) is 0 Å². The summed E-state index contributed by atoms with van der Waals surface area (Å²) in [5.74, 6) is -0.288. The minimum atomic E-state index is -0.290. The lowest BCUT2D eigenvalue weighted by Gasteiger charge is -2.29. The van der Waals surface area contributed by atoms with E-state index in [0.29, 0.717) is 26.1 Å². The average Bonchev–Trinajstić information content (AvgIpc) is 3.54. The molecule has 186 valence electrons. The smallest absolute Gasteiger partial charge is 0.242 e. The number of thiophene rings is 1. The Bertz CT molecular complexity index is 867. The molecule has 1 saturated heterocycles. The first kappa shape index (κ1) is 26.4. The van der Waals surface area contributed by atoms with Crippen molar-refractivity contribution in [3.63, 3.8) is 0 Å². The van der Waals surface area contributed by atoms with E-state index < -0.39 is 0 Å². The number of likely N-dealkylation sites (tertiary alicyclic amines) is 1. The van der Waals surface area contributed by atoms with Crippen LogP contribution in [0.3, 0.4) is 0 Å². The van der Waals surface area contributed by atoms with Gasteiger partial charge in [-0.3, -0.25) is 9.59 Å². The van der Waals surface area contributed by atoms with Crippen LogP contribution in [0.2, 0.25) is 0 Å². The van der Waals surface area contributed by atoms with Crippen molar-refractivity contribution in [2.75, 3.05) is 32.7 Å². The van der Waals surface area contributed by atoms with Crippen LogP contribution in [0.25, 0.3) is 0 Å². The molecule has 2 aromatic rings. The van der Waals surface area contributed by atoms with E-state index in [2.05, 4.69) is 11.8 Å². The van der Waals surface area contributed by atoms with Crippen molar-refractivity contribution in [1.29, 1.82) is 0 Å². The van der Waals surface area contributed by atoms with Gasteiger partial charge in [-0.05, 0) is 61.5 Å². The average molecular weight is 488 g/mol. The third-order valence-electron chi connectivity index (χ3n) is 6.37. The maximum atomic E-state index is 13.5. The number of nitrogens with zero attached hydrogens (tertiary/aromatic N) is 3. The second-order valence-corrected chi connectivity index (χ2v) is 10.2. The number of unbranched alkanes of at least 4 members (excludes halogenated alkanes) is 3. The van der Waals surface area contributed by atoms with Crippen molar-refractivity contribution in [2.24, 2.45) is 0 Å². The van der Waals surface area contributed by atoms with Gasteiger partial charge in [0, 0.05) is 30.9 Å². The molecule has 0 radical (unpaired) electrons. The lowest BCUT2D eigenvalue weighted by molar-refractivity contribution is -0.141. The number of hydrogen-bond acceptors (Lipinski definition) is 4. The second kappa shape index (κ2) is 14.2. The number of carbonyl (C=O) groups is 2. The van der Waals surface area contributed by atoms with Crippen LogP contribution in [-0.2, 0) is 22.7 Å². The van der Waals surface area contributed by atoms with Crippen LogP contribution in [0.15, 0.2) is 41.8 Å². The molecule has 1 aliphatic rings. The van der Waals surface area contributed by atoms with Crippen LogP contribution in [0, 0.1) is 5.82 Å². The zero-order valence-corrected chi connectivity index (χ0v) is 21.2. The minimum absolute atomic E-state index is 0.0685. The Hall–Kier alpha value is -2.25. The van der Waals surface area contributed by atoms with Gasteiger partial charge in [0.2, 0.25) is 11.8 Å². The van der Waals surface area contributed by atoms with Crippen molar-refractivity contribution in [3.8, 4) is 0 Å². The fraction of sp³-hybridized carbons (Fsp3) is 0.556. The largest absolute Gasteiger partial charge is 0.332 e. The van der Waals surface area contributed by atoms with E-state index in [1.165, 1.54) is 25.0 Å². The van der Waals surface area contributed by atoms with Crippen LogP contribution in [0.1, 0.15) is 62.3 Å². The second-order valence-electron chi connectivity index (χ2n) is 9.13. The summed E-state index contributed by atoms with van der Waals surface area (Å²) in [6, 6.07) is 10.3. The van der Waals surface area contributed by atoms with Crippen molar-refractivity contribution in [3.05, 3.63) is 58.0 Å². The van der Waals surface area contributed by atoms with Gasteiger partial charge in [0.15, 0.2) is 0 Å². The zero-order chi connectivity index (χ0) is 24.2. The molecule has 1 fully saturated rings. The van der Waals surface area contributed by atoms with Gasteiger partial charge in [0.1, 0.15) is 5.82 Å². The molecule has 2 heterocycles. The van der Waals surface area contributed by atoms with E-state index in [1.807, 2.05) is 17.5 Å². The minimum Gasteiger partial charge on any atom is -0.332 e. The van der Waals surface area contributed by atoms with Gasteiger partial charge >= 0.3 is 0 Å². The van der Waals surface area contributed by atoms with E-state index in [-0.39, 0.29) is 24.2 Å². The predicted octanol–water partition coefficient (Wildman–Crippen LogP) is 5.31. The maximum Gasteiger partial charge on any atom is 0.242 e. The summed E-state index contributed by atoms with van der Waals surface area (Å²) in [7, 11) is 0. The molecule has 5 nitrogen and oxygen atoms in total. The fourth-order valence-corrected chi connectivity index (χ4v) is 5.04. The Kier molecular flexibility index (Phi) is 11.0. The number of benzene rings is 1. The number of hydrogen-bond donors (Lipinski definition) is 0. The van der Waals surface area contributed by atoms with Crippen LogP contribution in [0.5, 0.6) is 0 Å². The van der Waals surface area contributed by atoms with Crippen molar-refractivity contribution < 1.29 is 14.0 Å². The third-order valence-corrected chi connectivity index (χ3v) is 7.24. The highest BCUT2D eigenvalue weighted by molar-refractivity contribution is 7.09. The number of amides is 2. The summed E-state index contributed by atoms with van der Waals surface area (Å²) in [4.78, 5) is 33.6. The normalized spacial score (nSPS) is 13.8. The van der Waals surface area contributed by atoms with Crippen LogP contribution >= 0.6 is 11.3 Å². The SMILES string of the molecule is CCCCCCC(=O)N(CCN1CCCC1)CC(=O)N(Cc1ccc(F)cc1)Cc1cccs1. The van der Waals surface area contributed by atoms with Crippen molar-refractivity contribution in [1.82, 2.24) is 14.7 Å². The van der Waals surface area contributed by atoms with E-state index in [0.717, 1.165) is 55.8 Å². The van der Waals surface area contributed by atoms with Gasteiger partial charge in [-0.15, -0.1) is 11.3 Å². The Morgan fingerprint density at radius 1 is 0.971 bits per heavy atom. The number of rotatable bonds is 14. The molecule has 0 N–H and O–H groups in total. The summed E-state index contributed by atoms with van der Waals surface area (Å²) in [5.41, 5.74) is 0.876. The molecule has 7 heteroatoms. The lowest BCUT2D eigenvalue weighted by Crippen LogP contribution is -2.45. The molecule has 3 rings (SSSR count). The zero-order valence-electron chi connectivity index (χ0n) is 20.4. The number of halogens is 1. The van der Waals surface area contributed by atoms with Gasteiger partial charge in [-0.1, -0.05) is 44.4 Å².